The molecule has 1 saturated heterocycles. The number of rotatable bonds is 3. The van der Waals surface area contributed by atoms with Crippen molar-refractivity contribution in [3.05, 3.63) is 35.8 Å². The van der Waals surface area contributed by atoms with Gasteiger partial charge in [-0.1, -0.05) is 32.4 Å². The van der Waals surface area contributed by atoms with E-state index in [2.05, 4.69) is 32.9 Å². The molecule has 0 N–H and O–H groups in total. The topological polar surface area (TPSA) is 92.0 Å². The number of cyclic esters (lactones) is 1. The Labute approximate surface area is 219 Å². The lowest BCUT2D eigenvalue weighted by Crippen LogP contribution is -2.66. The van der Waals surface area contributed by atoms with Crippen molar-refractivity contribution >= 4 is 17.9 Å². The van der Waals surface area contributed by atoms with E-state index in [-0.39, 0.29) is 41.5 Å². The van der Waals surface area contributed by atoms with Gasteiger partial charge in [-0.25, -0.2) is 0 Å². The molecular formula is C30H40O7. The van der Waals surface area contributed by atoms with Crippen molar-refractivity contribution in [1.29, 1.82) is 0 Å². The molecular weight excluding hydrogens is 472 g/mol. The molecule has 7 heteroatoms. The largest absolute Gasteiger partial charge is 0.472 e. The second-order valence-electron chi connectivity index (χ2n) is 12.9. The molecule has 2 saturated carbocycles. The summed E-state index contributed by atoms with van der Waals surface area (Å²) < 4.78 is 23.6. The number of hydrogen-bond acceptors (Lipinski definition) is 7. The maximum absolute atomic E-state index is 13.0. The second kappa shape index (κ2) is 8.47. The van der Waals surface area contributed by atoms with Crippen LogP contribution in [0.3, 0.4) is 0 Å². The van der Waals surface area contributed by atoms with E-state index in [4.69, 9.17) is 18.6 Å². The first-order valence-corrected chi connectivity index (χ1v) is 13.5. The van der Waals surface area contributed by atoms with E-state index in [1.807, 2.05) is 20.1 Å². The molecule has 4 aliphatic rings. The van der Waals surface area contributed by atoms with E-state index in [0.717, 1.165) is 19.3 Å². The summed E-state index contributed by atoms with van der Waals surface area (Å²) in [7, 11) is 0. The minimum atomic E-state index is -0.815. The summed E-state index contributed by atoms with van der Waals surface area (Å²) >= 11 is 0. The second-order valence-corrected chi connectivity index (χ2v) is 12.9. The molecule has 0 aromatic carbocycles. The van der Waals surface area contributed by atoms with Crippen LogP contribution in [0.2, 0.25) is 0 Å². The summed E-state index contributed by atoms with van der Waals surface area (Å²) in [6.07, 6.45) is 8.13. The van der Waals surface area contributed by atoms with E-state index < -0.39 is 34.6 Å². The molecule has 7 nitrogen and oxygen atoms in total. The number of carbonyl (C=O) groups is 3. The van der Waals surface area contributed by atoms with Gasteiger partial charge in [0.2, 0.25) is 0 Å². The Bertz CT molecular complexity index is 1130. The molecule has 2 heterocycles. The molecule has 0 amide bonds. The van der Waals surface area contributed by atoms with Crippen molar-refractivity contribution < 1.29 is 33.0 Å². The Hall–Kier alpha value is -2.57. The lowest BCUT2D eigenvalue weighted by molar-refractivity contribution is -0.226. The molecule has 37 heavy (non-hydrogen) atoms. The molecule has 0 bridgehead atoms. The van der Waals surface area contributed by atoms with Crippen LogP contribution >= 0.6 is 0 Å². The van der Waals surface area contributed by atoms with Gasteiger partial charge in [-0.3, -0.25) is 14.4 Å². The average Bonchev–Trinajstić information content (AvgIpc) is 3.40. The highest BCUT2D eigenvalue weighted by Crippen LogP contribution is 2.72. The third-order valence-corrected chi connectivity index (χ3v) is 10.6. The number of hydrogen-bond donors (Lipinski definition) is 0. The molecule has 3 fully saturated rings. The van der Waals surface area contributed by atoms with Crippen molar-refractivity contribution in [2.75, 3.05) is 0 Å². The van der Waals surface area contributed by atoms with Gasteiger partial charge in [-0.15, -0.1) is 0 Å². The summed E-state index contributed by atoms with van der Waals surface area (Å²) in [5.41, 5.74) is 0.494. The number of esters is 3. The van der Waals surface area contributed by atoms with Gasteiger partial charge in [0.15, 0.2) is 0 Å². The van der Waals surface area contributed by atoms with E-state index in [9.17, 15) is 14.4 Å². The van der Waals surface area contributed by atoms with Crippen molar-refractivity contribution in [3.8, 4) is 0 Å². The van der Waals surface area contributed by atoms with Gasteiger partial charge in [0.05, 0.1) is 18.9 Å². The Morgan fingerprint density at radius 3 is 2.30 bits per heavy atom. The third-order valence-electron chi connectivity index (χ3n) is 10.6. The van der Waals surface area contributed by atoms with Crippen molar-refractivity contribution in [2.45, 2.75) is 104 Å². The third kappa shape index (κ3) is 3.70. The Balaban J connectivity index is 1.68. The van der Waals surface area contributed by atoms with Gasteiger partial charge in [0, 0.05) is 30.6 Å². The molecule has 3 aliphatic carbocycles. The van der Waals surface area contributed by atoms with Crippen LogP contribution in [-0.4, -0.2) is 35.7 Å². The van der Waals surface area contributed by atoms with Crippen LogP contribution < -0.4 is 0 Å². The van der Waals surface area contributed by atoms with Gasteiger partial charge in [-0.05, 0) is 68.4 Å². The Morgan fingerprint density at radius 2 is 1.68 bits per heavy atom. The first-order chi connectivity index (χ1) is 17.2. The zero-order chi connectivity index (χ0) is 27.0. The van der Waals surface area contributed by atoms with E-state index in [0.29, 0.717) is 6.42 Å². The van der Waals surface area contributed by atoms with Gasteiger partial charge < -0.3 is 18.6 Å². The van der Waals surface area contributed by atoms with Crippen LogP contribution in [0.4, 0.5) is 0 Å². The quantitative estimate of drug-likeness (QED) is 0.290. The highest BCUT2D eigenvalue weighted by atomic mass is 16.6. The SMILES string of the molecule is CC(=O)OC1CC2C(C)(C)OC(=O)CC(OC(C)=O)[C@]2(C)C2CCC3(C)C(=CCC3c3ccoc3)[C@]12C. The maximum atomic E-state index is 13.0. The number of allylic oxidation sites excluding steroid dienone is 1. The summed E-state index contributed by atoms with van der Waals surface area (Å²) in [6, 6.07) is 2.05. The van der Waals surface area contributed by atoms with Gasteiger partial charge in [-0.2, -0.15) is 0 Å². The highest BCUT2D eigenvalue weighted by molar-refractivity contribution is 5.73. The van der Waals surface area contributed by atoms with Gasteiger partial charge in [0.25, 0.3) is 0 Å². The van der Waals surface area contributed by atoms with Crippen LogP contribution in [0.15, 0.2) is 34.7 Å². The lowest BCUT2D eigenvalue weighted by Gasteiger charge is -2.66. The normalized spacial score (nSPS) is 42.3. The average molecular weight is 513 g/mol. The number of furan rings is 1. The standard InChI is InChI=1S/C30H40O7/c1-17(31)35-24-14-23-27(3,4)37-26(33)15-25(36-18(2)32)30(23,7)22-10-12-28(5)20(19-11-13-34-16-19)8-9-21(28)29(22,24)6/h9,11,13,16,20,22-25H,8,10,12,14-15H2,1-7H3/t20?,22?,23?,24?,25?,28?,29-,30+/m0/s1. The van der Waals surface area contributed by atoms with Crippen LogP contribution in [0, 0.1) is 28.1 Å². The summed E-state index contributed by atoms with van der Waals surface area (Å²) in [6.45, 7) is 13.5. The fraction of sp³-hybridized carbons (Fsp3) is 0.700. The fourth-order valence-corrected chi connectivity index (χ4v) is 9.28. The number of fused-ring (bicyclic) bond motifs is 5. The monoisotopic (exact) mass is 512 g/mol. The highest BCUT2D eigenvalue weighted by Gasteiger charge is 2.71. The predicted molar refractivity (Wildman–Crippen MR) is 135 cm³/mol. The zero-order valence-electron chi connectivity index (χ0n) is 23.1. The molecule has 202 valence electrons. The molecule has 1 aromatic rings. The molecule has 1 aliphatic heterocycles. The van der Waals surface area contributed by atoms with Crippen molar-refractivity contribution in [1.82, 2.24) is 0 Å². The van der Waals surface area contributed by atoms with Crippen LogP contribution in [0.1, 0.15) is 92.1 Å². The molecule has 1 aromatic heterocycles. The summed E-state index contributed by atoms with van der Waals surface area (Å²) in [4.78, 5) is 37.7. The maximum Gasteiger partial charge on any atom is 0.310 e. The fourth-order valence-electron chi connectivity index (χ4n) is 9.28. The lowest BCUT2D eigenvalue weighted by atomic mass is 9.39. The van der Waals surface area contributed by atoms with Gasteiger partial charge >= 0.3 is 17.9 Å². The number of carbonyl (C=O) groups excluding carboxylic acids is 3. The van der Waals surface area contributed by atoms with Crippen LogP contribution in [0.5, 0.6) is 0 Å². The first-order valence-electron chi connectivity index (χ1n) is 13.5. The first kappa shape index (κ1) is 26.1. The van der Waals surface area contributed by atoms with Crippen molar-refractivity contribution in [2.24, 2.45) is 28.1 Å². The van der Waals surface area contributed by atoms with Crippen LogP contribution in [0.25, 0.3) is 0 Å². The minimum absolute atomic E-state index is 0.00338. The Morgan fingerprint density at radius 1 is 1.00 bits per heavy atom. The number of ether oxygens (including phenoxy) is 3. The molecule has 6 unspecified atom stereocenters. The van der Waals surface area contributed by atoms with E-state index in [1.54, 1.807) is 6.26 Å². The predicted octanol–water partition coefficient (Wildman–Crippen LogP) is 5.73. The summed E-state index contributed by atoms with van der Waals surface area (Å²) in [5, 5.41) is 0. The molecule has 8 atom stereocenters. The van der Waals surface area contributed by atoms with Gasteiger partial charge in [0.1, 0.15) is 17.8 Å². The zero-order valence-corrected chi connectivity index (χ0v) is 23.1. The molecule has 0 radical (unpaired) electrons. The van der Waals surface area contributed by atoms with Crippen molar-refractivity contribution in [3.63, 3.8) is 0 Å². The molecule has 0 spiro atoms. The van der Waals surface area contributed by atoms with E-state index >= 15 is 0 Å². The molecule has 5 rings (SSSR count). The van der Waals surface area contributed by atoms with E-state index in [1.165, 1.54) is 25.0 Å². The summed E-state index contributed by atoms with van der Waals surface area (Å²) in [5.74, 6) is -0.966. The smallest absolute Gasteiger partial charge is 0.310 e. The minimum Gasteiger partial charge on any atom is -0.472 e. The Kier molecular flexibility index (Phi) is 5.96. The van der Waals surface area contributed by atoms with Crippen LogP contribution in [-0.2, 0) is 28.6 Å².